The molecule has 7 nitrogen and oxygen atoms in total. The zero-order chi connectivity index (χ0) is 13.9. The van der Waals surface area contributed by atoms with Gasteiger partial charge in [0.2, 0.25) is 22.9 Å². The lowest BCUT2D eigenvalue weighted by molar-refractivity contribution is 0.528. The molecule has 0 amide bonds. The topological polar surface area (TPSA) is 107 Å². The van der Waals surface area contributed by atoms with Crippen LogP contribution in [0.1, 0.15) is 11.5 Å². The van der Waals surface area contributed by atoms with Crippen LogP contribution in [0.4, 0.5) is 5.95 Å². The number of H-pyrrole nitrogens is 1. The molecule has 102 valence electrons. The second-order valence-electron chi connectivity index (χ2n) is 4.16. The first kappa shape index (κ1) is 12.7. The predicted molar refractivity (Wildman–Crippen MR) is 74.8 cm³/mol. The molecule has 0 atom stereocenters. The van der Waals surface area contributed by atoms with E-state index in [-0.39, 0.29) is 0 Å². The molecular weight excluding hydrogens is 276 g/mol. The van der Waals surface area contributed by atoms with Gasteiger partial charge in [-0.25, -0.2) is 5.10 Å². The van der Waals surface area contributed by atoms with E-state index in [1.807, 2.05) is 31.2 Å². The largest absolute Gasteiger partial charge is 0.420 e. The van der Waals surface area contributed by atoms with E-state index in [4.69, 9.17) is 10.2 Å². The summed E-state index contributed by atoms with van der Waals surface area (Å²) in [7, 11) is 0. The van der Waals surface area contributed by atoms with Crippen molar-refractivity contribution in [2.24, 2.45) is 0 Å². The summed E-state index contributed by atoms with van der Waals surface area (Å²) in [6.07, 6.45) is 0. The number of rotatable bonds is 4. The minimum atomic E-state index is 0.290. The molecule has 20 heavy (non-hydrogen) atoms. The highest BCUT2D eigenvalue weighted by Crippen LogP contribution is 2.23. The number of nitrogen functional groups attached to an aromatic ring is 1. The van der Waals surface area contributed by atoms with Crippen molar-refractivity contribution in [2.75, 3.05) is 5.73 Å². The molecule has 0 bridgehead atoms. The molecule has 0 saturated heterocycles. The van der Waals surface area contributed by atoms with Crippen molar-refractivity contribution in [3.63, 3.8) is 0 Å². The van der Waals surface area contributed by atoms with Crippen LogP contribution in [0.3, 0.4) is 0 Å². The highest BCUT2D eigenvalue weighted by atomic mass is 32.2. The highest BCUT2D eigenvalue weighted by Gasteiger charge is 2.10. The SMILES string of the molecule is Cc1cccc(-c2nnc(CSc3n[nH]c(N)n3)o2)c1. The molecule has 0 aliphatic carbocycles. The summed E-state index contributed by atoms with van der Waals surface area (Å²) in [6.45, 7) is 2.02. The van der Waals surface area contributed by atoms with Crippen molar-refractivity contribution >= 4 is 17.7 Å². The molecule has 0 spiro atoms. The van der Waals surface area contributed by atoms with Crippen molar-refractivity contribution in [2.45, 2.75) is 17.8 Å². The zero-order valence-electron chi connectivity index (χ0n) is 10.7. The third-order valence-corrected chi connectivity index (χ3v) is 3.37. The van der Waals surface area contributed by atoms with Crippen molar-refractivity contribution < 1.29 is 4.42 Å². The Kier molecular flexibility index (Phi) is 3.38. The fourth-order valence-corrected chi connectivity index (χ4v) is 2.30. The van der Waals surface area contributed by atoms with Gasteiger partial charge < -0.3 is 10.2 Å². The van der Waals surface area contributed by atoms with E-state index in [2.05, 4.69) is 25.4 Å². The third kappa shape index (κ3) is 2.80. The van der Waals surface area contributed by atoms with Gasteiger partial charge in [0.1, 0.15) is 0 Å². The Morgan fingerprint density at radius 1 is 1.35 bits per heavy atom. The van der Waals surface area contributed by atoms with Crippen LogP contribution in [0.5, 0.6) is 0 Å². The normalized spacial score (nSPS) is 10.8. The number of benzene rings is 1. The smallest absolute Gasteiger partial charge is 0.247 e. The van der Waals surface area contributed by atoms with Gasteiger partial charge in [0.05, 0.1) is 5.75 Å². The van der Waals surface area contributed by atoms with Crippen molar-refractivity contribution in [3.8, 4) is 11.5 Å². The van der Waals surface area contributed by atoms with Gasteiger partial charge in [-0.15, -0.1) is 15.3 Å². The molecular formula is C12H12N6OS. The van der Waals surface area contributed by atoms with Gasteiger partial charge in [-0.3, -0.25) is 0 Å². The Labute approximate surface area is 119 Å². The minimum Gasteiger partial charge on any atom is -0.420 e. The first-order valence-corrected chi connectivity index (χ1v) is 6.89. The van der Waals surface area contributed by atoms with Gasteiger partial charge in [0.15, 0.2) is 0 Å². The summed E-state index contributed by atoms with van der Waals surface area (Å²) in [4.78, 5) is 3.99. The van der Waals surface area contributed by atoms with Crippen molar-refractivity contribution in [3.05, 3.63) is 35.7 Å². The van der Waals surface area contributed by atoms with Gasteiger partial charge in [-0.05, 0) is 19.1 Å². The third-order valence-electron chi connectivity index (χ3n) is 2.54. The lowest BCUT2D eigenvalue weighted by Gasteiger charge is -1.95. The number of hydrogen-bond donors (Lipinski definition) is 2. The van der Waals surface area contributed by atoms with E-state index in [1.165, 1.54) is 11.8 Å². The number of aryl methyl sites for hydroxylation is 1. The summed E-state index contributed by atoms with van der Waals surface area (Å²) in [6, 6.07) is 7.91. The van der Waals surface area contributed by atoms with E-state index in [9.17, 15) is 0 Å². The Hall–Kier alpha value is -2.35. The monoisotopic (exact) mass is 288 g/mol. The average molecular weight is 288 g/mol. The Bertz CT molecular complexity index is 722. The predicted octanol–water partition coefficient (Wildman–Crippen LogP) is 2.04. The molecule has 0 fully saturated rings. The maximum atomic E-state index is 5.61. The lowest BCUT2D eigenvalue weighted by Crippen LogP contribution is -1.85. The van der Waals surface area contributed by atoms with Crippen LogP contribution in [-0.4, -0.2) is 25.4 Å². The standard InChI is InChI=1S/C12H12N6OS/c1-7-3-2-4-8(5-7)10-16-15-9(19-10)6-20-12-14-11(13)17-18-12/h2-5H,6H2,1H3,(H3,13,14,17,18). The average Bonchev–Trinajstić information content (AvgIpc) is 3.05. The number of nitrogens with one attached hydrogen (secondary N) is 1. The number of thioether (sulfide) groups is 1. The summed E-state index contributed by atoms with van der Waals surface area (Å²) in [5.74, 6) is 1.82. The molecule has 2 aromatic heterocycles. The molecule has 0 aliphatic rings. The summed E-state index contributed by atoms with van der Waals surface area (Å²) in [5.41, 5.74) is 7.51. The molecule has 8 heteroatoms. The van der Waals surface area contributed by atoms with Gasteiger partial charge in [0, 0.05) is 5.56 Å². The van der Waals surface area contributed by atoms with Crippen molar-refractivity contribution in [1.29, 1.82) is 0 Å². The molecule has 1 aromatic carbocycles. The van der Waals surface area contributed by atoms with E-state index in [0.29, 0.717) is 28.6 Å². The molecule has 2 heterocycles. The maximum absolute atomic E-state index is 5.61. The molecule has 0 radical (unpaired) electrons. The highest BCUT2D eigenvalue weighted by molar-refractivity contribution is 7.98. The van der Waals surface area contributed by atoms with Crippen LogP contribution in [0.15, 0.2) is 33.8 Å². The Balaban J connectivity index is 1.70. The molecule has 0 unspecified atom stereocenters. The number of aromatic amines is 1. The number of anilines is 1. The zero-order valence-corrected chi connectivity index (χ0v) is 11.5. The molecule has 0 saturated carbocycles. The lowest BCUT2D eigenvalue weighted by atomic mass is 10.1. The van der Waals surface area contributed by atoms with Crippen LogP contribution >= 0.6 is 11.8 Å². The Morgan fingerprint density at radius 2 is 2.25 bits per heavy atom. The van der Waals surface area contributed by atoms with Gasteiger partial charge >= 0.3 is 0 Å². The first-order chi connectivity index (χ1) is 9.70. The first-order valence-electron chi connectivity index (χ1n) is 5.91. The fraction of sp³-hybridized carbons (Fsp3) is 0.167. The fourth-order valence-electron chi connectivity index (χ4n) is 1.66. The van der Waals surface area contributed by atoms with Crippen molar-refractivity contribution in [1.82, 2.24) is 25.4 Å². The number of aromatic nitrogens is 5. The van der Waals surface area contributed by atoms with Crippen LogP contribution in [0, 0.1) is 6.92 Å². The van der Waals surface area contributed by atoms with Crippen LogP contribution in [0.2, 0.25) is 0 Å². The van der Waals surface area contributed by atoms with Gasteiger partial charge in [-0.2, -0.15) is 4.98 Å². The molecule has 3 aromatic rings. The second-order valence-corrected chi connectivity index (χ2v) is 5.10. The van der Waals surface area contributed by atoms with Gasteiger partial charge in [0.25, 0.3) is 0 Å². The molecule has 3 N–H and O–H groups in total. The van der Waals surface area contributed by atoms with E-state index >= 15 is 0 Å². The van der Waals surface area contributed by atoms with Crippen LogP contribution in [0.25, 0.3) is 11.5 Å². The Morgan fingerprint density at radius 3 is 3.00 bits per heavy atom. The van der Waals surface area contributed by atoms with E-state index in [0.717, 1.165) is 11.1 Å². The minimum absolute atomic E-state index is 0.290. The summed E-state index contributed by atoms with van der Waals surface area (Å²) < 4.78 is 5.61. The summed E-state index contributed by atoms with van der Waals surface area (Å²) in [5, 5.41) is 15.1. The quantitative estimate of drug-likeness (QED) is 0.707. The second kappa shape index (κ2) is 5.33. The van der Waals surface area contributed by atoms with E-state index < -0.39 is 0 Å². The maximum Gasteiger partial charge on any atom is 0.247 e. The molecule has 0 aliphatic heterocycles. The van der Waals surface area contributed by atoms with E-state index in [1.54, 1.807) is 0 Å². The number of nitrogens with two attached hydrogens (primary N) is 1. The van der Waals surface area contributed by atoms with Crippen LogP contribution in [-0.2, 0) is 5.75 Å². The summed E-state index contributed by atoms with van der Waals surface area (Å²) >= 11 is 1.38. The number of nitrogens with zero attached hydrogens (tertiary/aromatic N) is 4. The van der Waals surface area contributed by atoms with Crippen LogP contribution < -0.4 is 5.73 Å². The van der Waals surface area contributed by atoms with Gasteiger partial charge in [-0.1, -0.05) is 29.5 Å². The molecule has 3 rings (SSSR count). The number of hydrogen-bond acceptors (Lipinski definition) is 7.